The summed E-state index contributed by atoms with van der Waals surface area (Å²) >= 11 is 0. The maximum absolute atomic E-state index is 2.62. The Bertz CT molecular complexity index is 172. The van der Waals surface area contributed by atoms with E-state index in [4.69, 9.17) is 0 Å². The second kappa shape index (κ2) is 2.98. The lowest BCUT2D eigenvalue weighted by Crippen LogP contribution is -2.30. The molecule has 2 rings (SSSR count). The van der Waals surface area contributed by atoms with Crippen molar-refractivity contribution >= 4 is 0 Å². The number of hydrogen-bond acceptors (Lipinski definition) is 1. The highest BCUT2D eigenvalue weighted by atomic mass is 15.2. The monoisotopic (exact) mass is 151 g/mol. The van der Waals surface area contributed by atoms with E-state index in [2.05, 4.69) is 17.9 Å². The van der Waals surface area contributed by atoms with Gasteiger partial charge in [0, 0.05) is 12.6 Å². The van der Waals surface area contributed by atoms with Crippen LogP contribution in [0.1, 0.15) is 32.6 Å². The summed E-state index contributed by atoms with van der Waals surface area (Å²) in [7, 11) is 0. The molecule has 1 aliphatic heterocycles. The second-order valence-corrected chi connectivity index (χ2v) is 3.60. The molecule has 2 aliphatic rings. The fourth-order valence-electron chi connectivity index (χ4n) is 2.41. The summed E-state index contributed by atoms with van der Waals surface area (Å²) in [6.45, 7) is 4.83. The summed E-state index contributed by atoms with van der Waals surface area (Å²) in [5.41, 5.74) is 1.73. The van der Waals surface area contributed by atoms with Crippen molar-refractivity contribution in [3.63, 3.8) is 0 Å². The Morgan fingerprint density at radius 2 is 2.55 bits per heavy atom. The van der Waals surface area contributed by atoms with Crippen molar-refractivity contribution in [2.45, 2.75) is 38.6 Å². The first-order chi connectivity index (χ1) is 5.42. The Morgan fingerprint density at radius 1 is 1.64 bits per heavy atom. The average molecular weight is 151 g/mol. The van der Waals surface area contributed by atoms with Gasteiger partial charge in [0.05, 0.1) is 0 Å². The molecule has 0 N–H and O–H groups in total. The first kappa shape index (κ1) is 7.35. The third kappa shape index (κ3) is 1.22. The Labute approximate surface area is 69.1 Å². The van der Waals surface area contributed by atoms with Crippen molar-refractivity contribution in [3.8, 4) is 0 Å². The van der Waals surface area contributed by atoms with E-state index in [0.717, 1.165) is 6.04 Å². The molecule has 1 atom stereocenters. The van der Waals surface area contributed by atoms with Gasteiger partial charge in [0.15, 0.2) is 0 Å². The molecule has 0 saturated carbocycles. The molecule has 1 nitrogen and oxygen atoms in total. The molecule has 0 bridgehead atoms. The zero-order valence-electron chi connectivity index (χ0n) is 7.34. The van der Waals surface area contributed by atoms with Crippen LogP contribution in [0.3, 0.4) is 0 Å². The molecule has 0 aromatic rings. The predicted molar refractivity (Wildman–Crippen MR) is 47.6 cm³/mol. The highest BCUT2D eigenvalue weighted by molar-refractivity contribution is 5.18. The highest BCUT2D eigenvalue weighted by Gasteiger charge is 2.28. The van der Waals surface area contributed by atoms with Crippen LogP contribution in [0.15, 0.2) is 11.6 Å². The maximum Gasteiger partial charge on any atom is 0.0308 e. The number of fused-ring (bicyclic) bond motifs is 1. The van der Waals surface area contributed by atoms with Crippen LogP contribution in [0.2, 0.25) is 0 Å². The van der Waals surface area contributed by atoms with Gasteiger partial charge >= 0.3 is 0 Å². The van der Waals surface area contributed by atoms with Gasteiger partial charge in [0.2, 0.25) is 0 Å². The van der Waals surface area contributed by atoms with Gasteiger partial charge in [0.1, 0.15) is 0 Å². The number of allylic oxidation sites excluding steroid dienone is 1. The Kier molecular flexibility index (Phi) is 1.99. The quantitative estimate of drug-likeness (QED) is 0.519. The normalized spacial score (nSPS) is 31.7. The van der Waals surface area contributed by atoms with Gasteiger partial charge in [-0.1, -0.05) is 18.6 Å². The van der Waals surface area contributed by atoms with Crippen LogP contribution < -0.4 is 0 Å². The third-order valence-electron chi connectivity index (χ3n) is 3.05. The van der Waals surface area contributed by atoms with Gasteiger partial charge in [-0.2, -0.15) is 0 Å². The molecular formula is C10H17N. The Hall–Kier alpha value is -0.300. The largest absolute Gasteiger partial charge is 0.297 e. The molecule has 0 spiro atoms. The Balaban J connectivity index is 2.11. The number of nitrogens with zero attached hydrogens (tertiary/aromatic N) is 1. The van der Waals surface area contributed by atoms with Crippen molar-refractivity contribution in [3.05, 3.63) is 11.6 Å². The van der Waals surface area contributed by atoms with Crippen molar-refractivity contribution < 1.29 is 0 Å². The molecule has 1 saturated heterocycles. The van der Waals surface area contributed by atoms with Crippen molar-refractivity contribution in [1.29, 1.82) is 0 Å². The summed E-state index contributed by atoms with van der Waals surface area (Å²) in [4.78, 5) is 2.62. The van der Waals surface area contributed by atoms with Crippen LogP contribution in [-0.4, -0.2) is 24.0 Å². The molecule has 1 unspecified atom stereocenters. The van der Waals surface area contributed by atoms with Crippen LogP contribution in [0, 0.1) is 0 Å². The standard InChI is InChI=1S/C10H17N/c1-2-11-8-7-9-5-3-4-6-10(9)11/h5,10H,2-4,6-8H2,1H3. The predicted octanol–water partition coefficient (Wildman–Crippen LogP) is 2.19. The lowest BCUT2D eigenvalue weighted by atomic mass is 9.95. The molecule has 11 heavy (non-hydrogen) atoms. The van der Waals surface area contributed by atoms with Gasteiger partial charge in [0.25, 0.3) is 0 Å². The van der Waals surface area contributed by atoms with Gasteiger partial charge in [-0.25, -0.2) is 0 Å². The first-order valence-corrected chi connectivity index (χ1v) is 4.85. The summed E-state index contributed by atoms with van der Waals surface area (Å²) in [5.74, 6) is 0. The minimum absolute atomic E-state index is 0.841. The molecule has 62 valence electrons. The molecule has 1 heteroatoms. The Morgan fingerprint density at radius 3 is 3.36 bits per heavy atom. The fraction of sp³-hybridized carbons (Fsp3) is 0.800. The molecule has 0 aromatic carbocycles. The van der Waals surface area contributed by atoms with Crippen LogP contribution in [0.4, 0.5) is 0 Å². The number of likely N-dealkylation sites (tertiary alicyclic amines) is 1. The van der Waals surface area contributed by atoms with E-state index in [9.17, 15) is 0 Å². The molecule has 0 aromatic heterocycles. The molecule has 0 radical (unpaired) electrons. The van der Waals surface area contributed by atoms with Gasteiger partial charge in [-0.3, -0.25) is 4.90 Å². The van der Waals surface area contributed by atoms with Crippen LogP contribution >= 0.6 is 0 Å². The van der Waals surface area contributed by atoms with E-state index >= 15 is 0 Å². The molecule has 1 fully saturated rings. The molecule has 0 amide bonds. The van der Waals surface area contributed by atoms with Gasteiger partial charge in [-0.15, -0.1) is 0 Å². The lowest BCUT2D eigenvalue weighted by molar-refractivity contribution is 0.265. The van der Waals surface area contributed by atoms with Crippen LogP contribution in [0.25, 0.3) is 0 Å². The van der Waals surface area contributed by atoms with Crippen molar-refractivity contribution in [2.24, 2.45) is 0 Å². The second-order valence-electron chi connectivity index (χ2n) is 3.60. The van der Waals surface area contributed by atoms with E-state index in [-0.39, 0.29) is 0 Å². The topological polar surface area (TPSA) is 3.24 Å². The lowest BCUT2D eigenvalue weighted by Gasteiger charge is -2.25. The summed E-state index contributed by atoms with van der Waals surface area (Å²) in [5, 5.41) is 0. The number of hydrogen-bond donors (Lipinski definition) is 0. The summed E-state index contributed by atoms with van der Waals surface area (Å²) < 4.78 is 0. The van der Waals surface area contributed by atoms with Gasteiger partial charge < -0.3 is 0 Å². The summed E-state index contributed by atoms with van der Waals surface area (Å²) in [6.07, 6.45) is 7.98. The first-order valence-electron chi connectivity index (χ1n) is 4.85. The highest BCUT2D eigenvalue weighted by Crippen LogP contribution is 2.31. The molecule has 1 heterocycles. The van der Waals surface area contributed by atoms with E-state index in [1.165, 1.54) is 38.8 Å². The minimum Gasteiger partial charge on any atom is -0.297 e. The third-order valence-corrected chi connectivity index (χ3v) is 3.05. The van der Waals surface area contributed by atoms with Crippen LogP contribution in [0.5, 0.6) is 0 Å². The molecular weight excluding hydrogens is 134 g/mol. The minimum atomic E-state index is 0.841. The SMILES string of the molecule is CCN1CCC2=CCCCC21. The van der Waals surface area contributed by atoms with E-state index < -0.39 is 0 Å². The smallest absolute Gasteiger partial charge is 0.0308 e. The van der Waals surface area contributed by atoms with Gasteiger partial charge in [-0.05, 0) is 32.2 Å². The maximum atomic E-state index is 2.62. The summed E-state index contributed by atoms with van der Waals surface area (Å²) in [6, 6.07) is 0.841. The fourth-order valence-corrected chi connectivity index (χ4v) is 2.41. The van der Waals surface area contributed by atoms with Crippen molar-refractivity contribution in [1.82, 2.24) is 4.90 Å². The number of rotatable bonds is 1. The number of likely N-dealkylation sites (N-methyl/N-ethyl adjacent to an activating group) is 1. The van der Waals surface area contributed by atoms with E-state index in [0.29, 0.717) is 0 Å². The molecule has 1 aliphatic carbocycles. The zero-order chi connectivity index (χ0) is 7.68. The average Bonchev–Trinajstić information content (AvgIpc) is 2.47. The zero-order valence-corrected chi connectivity index (χ0v) is 7.34. The van der Waals surface area contributed by atoms with E-state index in [1.807, 2.05) is 0 Å². The van der Waals surface area contributed by atoms with Crippen molar-refractivity contribution in [2.75, 3.05) is 13.1 Å². The van der Waals surface area contributed by atoms with Crippen LogP contribution in [-0.2, 0) is 0 Å². The van der Waals surface area contributed by atoms with E-state index in [1.54, 1.807) is 5.57 Å².